The van der Waals surface area contributed by atoms with Crippen LogP contribution in [0.3, 0.4) is 0 Å². The Labute approximate surface area is 142 Å². The molecule has 2 nitrogen and oxygen atoms in total. The fourth-order valence-corrected chi connectivity index (χ4v) is 2.37. The molecule has 1 N–H and O–H groups in total. The summed E-state index contributed by atoms with van der Waals surface area (Å²) in [5.74, 6) is -0.117. The third kappa shape index (κ3) is 5.42. The molecule has 3 heteroatoms. The zero-order chi connectivity index (χ0) is 16.7. The third-order valence-corrected chi connectivity index (χ3v) is 3.81. The van der Waals surface area contributed by atoms with Crippen LogP contribution in [0.15, 0.2) is 67.3 Å². The summed E-state index contributed by atoms with van der Waals surface area (Å²) in [6.45, 7) is 6.63. The standard InChI is InChI=1S/C20H20ClNO/c1-15-5-3-4-6-19(15)16(2)7-12-20(23)22-14-13-17-8-10-18(21)11-9-17/h3-12H,2,13-14H2,1H3,(H,22,23)/b12-7+. The van der Waals surface area contributed by atoms with Gasteiger partial charge in [-0.05, 0) is 53.8 Å². The molecule has 0 saturated heterocycles. The van der Waals surface area contributed by atoms with Gasteiger partial charge < -0.3 is 5.32 Å². The van der Waals surface area contributed by atoms with Gasteiger partial charge in [0.05, 0.1) is 0 Å². The van der Waals surface area contributed by atoms with Gasteiger partial charge in [-0.2, -0.15) is 0 Å². The first-order chi connectivity index (χ1) is 11.1. The average Bonchev–Trinajstić information content (AvgIpc) is 2.55. The molecule has 0 bridgehead atoms. The number of aryl methyl sites for hydroxylation is 1. The van der Waals surface area contributed by atoms with Crippen LogP contribution in [0.1, 0.15) is 16.7 Å². The van der Waals surface area contributed by atoms with E-state index in [1.165, 1.54) is 6.08 Å². The molecule has 0 spiro atoms. The maximum atomic E-state index is 11.8. The molecule has 0 fully saturated rings. The van der Waals surface area contributed by atoms with E-state index in [1.807, 2.05) is 55.5 Å². The molecule has 0 atom stereocenters. The average molecular weight is 326 g/mol. The van der Waals surface area contributed by atoms with Gasteiger partial charge in [-0.1, -0.05) is 54.6 Å². The predicted octanol–water partition coefficient (Wildman–Crippen LogP) is 4.58. The summed E-state index contributed by atoms with van der Waals surface area (Å²) in [5, 5.41) is 3.59. The van der Waals surface area contributed by atoms with Gasteiger partial charge in [0.1, 0.15) is 0 Å². The largest absolute Gasteiger partial charge is 0.352 e. The molecule has 0 aliphatic rings. The number of hydrogen-bond donors (Lipinski definition) is 1. The highest BCUT2D eigenvalue weighted by Crippen LogP contribution is 2.17. The minimum atomic E-state index is -0.117. The van der Waals surface area contributed by atoms with Crippen LogP contribution in [0.4, 0.5) is 0 Å². The molecule has 2 aromatic carbocycles. The predicted molar refractivity (Wildman–Crippen MR) is 97.5 cm³/mol. The number of allylic oxidation sites excluding steroid dienone is 2. The lowest BCUT2D eigenvalue weighted by atomic mass is 10.0. The highest BCUT2D eigenvalue weighted by atomic mass is 35.5. The van der Waals surface area contributed by atoms with Crippen molar-refractivity contribution >= 4 is 23.1 Å². The molecule has 0 aliphatic carbocycles. The Hall–Kier alpha value is -2.32. The number of amides is 1. The highest BCUT2D eigenvalue weighted by Gasteiger charge is 2.00. The van der Waals surface area contributed by atoms with Crippen molar-refractivity contribution in [2.45, 2.75) is 13.3 Å². The fourth-order valence-electron chi connectivity index (χ4n) is 2.24. The first kappa shape index (κ1) is 17.0. The first-order valence-electron chi connectivity index (χ1n) is 7.51. The Balaban J connectivity index is 1.81. The minimum absolute atomic E-state index is 0.117. The van der Waals surface area contributed by atoms with Crippen molar-refractivity contribution in [3.05, 3.63) is 89.0 Å². The van der Waals surface area contributed by atoms with Crippen molar-refractivity contribution in [1.82, 2.24) is 5.32 Å². The van der Waals surface area contributed by atoms with Crippen LogP contribution in [0.2, 0.25) is 5.02 Å². The number of benzene rings is 2. The number of carbonyl (C=O) groups excluding carboxylic acids is 1. The van der Waals surface area contributed by atoms with Crippen LogP contribution in [-0.2, 0) is 11.2 Å². The maximum Gasteiger partial charge on any atom is 0.244 e. The summed E-state index contributed by atoms with van der Waals surface area (Å²) in [5.41, 5.74) is 4.17. The van der Waals surface area contributed by atoms with Crippen LogP contribution in [0, 0.1) is 6.92 Å². The van der Waals surface area contributed by atoms with E-state index in [2.05, 4.69) is 11.9 Å². The van der Waals surface area contributed by atoms with E-state index in [1.54, 1.807) is 6.08 Å². The summed E-state index contributed by atoms with van der Waals surface area (Å²) in [7, 11) is 0. The summed E-state index contributed by atoms with van der Waals surface area (Å²) in [4.78, 5) is 11.8. The van der Waals surface area contributed by atoms with Gasteiger partial charge in [0, 0.05) is 17.6 Å². The van der Waals surface area contributed by atoms with Crippen molar-refractivity contribution in [1.29, 1.82) is 0 Å². The van der Waals surface area contributed by atoms with Gasteiger partial charge in [0.25, 0.3) is 0 Å². The number of carbonyl (C=O) groups is 1. The molecule has 0 radical (unpaired) electrons. The zero-order valence-electron chi connectivity index (χ0n) is 13.2. The van der Waals surface area contributed by atoms with E-state index in [9.17, 15) is 4.79 Å². The molecular formula is C20H20ClNO. The second-order valence-corrected chi connectivity index (χ2v) is 5.78. The fraction of sp³-hybridized carbons (Fsp3) is 0.150. The van der Waals surface area contributed by atoms with Crippen molar-refractivity contribution < 1.29 is 4.79 Å². The molecule has 118 valence electrons. The van der Waals surface area contributed by atoms with Crippen molar-refractivity contribution in [2.75, 3.05) is 6.54 Å². The topological polar surface area (TPSA) is 29.1 Å². The molecule has 0 aromatic heterocycles. The Morgan fingerprint density at radius 2 is 1.83 bits per heavy atom. The lowest BCUT2D eigenvalue weighted by molar-refractivity contribution is -0.116. The zero-order valence-corrected chi connectivity index (χ0v) is 13.9. The van der Waals surface area contributed by atoms with Gasteiger partial charge in [0.2, 0.25) is 5.91 Å². The van der Waals surface area contributed by atoms with Crippen molar-refractivity contribution in [3.8, 4) is 0 Å². The number of hydrogen-bond acceptors (Lipinski definition) is 1. The number of halogens is 1. The van der Waals surface area contributed by atoms with E-state index in [0.29, 0.717) is 6.54 Å². The van der Waals surface area contributed by atoms with E-state index < -0.39 is 0 Å². The lowest BCUT2D eigenvalue weighted by Gasteiger charge is -2.05. The van der Waals surface area contributed by atoms with Crippen LogP contribution in [-0.4, -0.2) is 12.5 Å². The smallest absolute Gasteiger partial charge is 0.244 e. The molecule has 2 aromatic rings. The third-order valence-electron chi connectivity index (χ3n) is 3.55. The Bertz CT molecular complexity index is 717. The molecular weight excluding hydrogens is 306 g/mol. The number of nitrogens with one attached hydrogen (secondary N) is 1. The van der Waals surface area contributed by atoms with Crippen LogP contribution in [0.25, 0.3) is 5.57 Å². The molecule has 0 aliphatic heterocycles. The van der Waals surface area contributed by atoms with Gasteiger partial charge >= 0.3 is 0 Å². The normalized spacial score (nSPS) is 10.7. The van der Waals surface area contributed by atoms with Crippen LogP contribution < -0.4 is 5.32 Å². The van der Waals surface area contributed by atoms with E-state index in [-0.39, 0.29) is 5.91 Å². The minimum Gasteiger partial charge on any atom is -0.352 e. The van der Waals surface area contributed by atoms with E-state index in [4.69, 9.17) is 11.6 Å². The Morgan fingerprint density at radius 1 is 1.13 bits per heavy atom. The second-order valence-electron chi connectivity index (χ2n) is 5.34. The molecule has 0 saturated carbocycles. The summed E-state index contributed by atoms with van der Waals surface area (Å²) < 4.78 is 0. The molecule has 2 rings (SSSR count). The van der Waals surface area contributed by atoms with Gasteiger partial charge in [-0.15, -0.1) is 0 Å². The van der Waals surface area contributed by atoms with Gasteiger partial charge in [-0.3, -0.25) is 4.79 Å². The van der Waals surface area contributed by atoms with Crippen molar-refractivity contribution in [2.24, 2.45) is 0 Å². The molecule has 23 heavy (non-hydrogen) atoms. The lowest BCUT2D eigenvalue weighted by Crippen LogP contribution is -2.23. The first-order valence-corrected chi connectivity index (χ1v) is 7.89. The Morgan fingerprint density at radius 3 is 2.52 bits per heavy atom. The summed E-state index contributed by atoms with van der Waals surface area (Å²) >= 11 is 5.84. The SMILES string of the molecule is C=C(/C=C/C(=O)NCCc1ccc(Cl)cc1)c1ccccc1C. The number of rotatable bonds is 6. The van der Waals surface area contributed by atoms with Crippen molar-refractivity contribution in [3.63, 3.8) is 0 Å². The summed E-state index contributed by atoms with van der Waals surface area (Å²) in [6, 6.07) is 15.6. The van der Waals surface area contributed by atoms with E-state index >= 15 is 0 Å². The van der Waals surface area contributed by atoms with Gasteiger partial charge in [0.15, 0.2) is 0 Å². The van der Waals surface area contributed by atoms with Crippen LogP contribution >= 0.6 is 11.6 Å². The van der Waals surface area contributed by atoms with E-state index in [0.717, 1.165) is 33.7 Å². The Kier molecular flexibility index (Phi) is 6.19. The molecule has 0 unspecified atom stereocenters. The quantitative estimate of drug-likeness (QED) is 0.611. The summed E-state index contributed by atoms with van der Waals surface area (Å²) in [6.07, 6.45) is 4.05. The van der Waals surface area contributed by atoms with Gasteiger partial charge in [-0.25, -0.2) is 0 Å². The second kappa shape index (κ2) is 8.35. The molecule has 1 amide bonds. The molecule has 0 heterocycles. The monoisotopic (exact) mass is 325 g/mol. The maximum absolute atomic E-state index is 11.8. The highest BCUT2D eigenvalue weighted by molar-refractivity contribution is 6.30. The van der Waals surface area contributed by atoms with Crippen LogP contribution in [0.5, 0.6) is 0 Å².